The van der Waals surface area contributed by atoms with Crippen molar-refractivity contribution in [3.05, 3.63) is 62.6 Å². The second-order valence-electron chi connectivity index (χ2n) is 9.01. The number of hydrogen-bond donors (Lipinski definition) is 2. The first-order valence-electron chi connectivity index (χ1n) is 12.1. The van der Waals surface area contributed by atoms with E-state index in [1.165, 1.54) is 27.2 Å². The van der Waals surface area contributed by atoms with E-state index in [1.54, 1.807) is 12.1 Å². The fourth-order valence-electron chi connectivity index (χ4n) is 4.51. The summed E-state index contributed by atoms with van der Waals surface area (Å²) in [5.41, 5.74) is 0.966. The zero-order chi connectivity index (χ0) is 26.4. The molecular weight excluding hydrogens is 536 g/mol. The second kappa shape index (κ2) is 12.2. The van der Waals surface area contributed by atoms with E-state index in [-0.39, 0.29) is 18.4 Å². The molecule has 1 aromatic carbocycles. The molecule has 2 saturated heterocycles. The number of amides is 3. The summed E-state index contributed by atoms with van der Waals surface area (Å²) in [5.74, 6) is -0.979. The van der Waals surface area contributed by atoms with Gasteiger partial charge in [0.2, 0.25) is 27.7 Å². The van der Waals surface area contributed by atoms with Gasteiger partial charge in [-0.3, -0.25) is 14.4 Å². The van der Waals surface area contributed by atoms with E-state index < -0.39 is 28.0 Å². The topological polar surface area (TPSA) is 116 Å². The number of benzene rings is 1. The lowest BCUT2D eigenvalue weighted by Gasteiger charge is -2.33. The average Bonchev–Trinajstić information content (AvgIpc) is 3.54. The van der Waals surface area contributed by atoms with Crippen LogP contribution in [-0.2, 0) is 31.0 Å². The van der Waals surface area contributed by atoms with Crippen molar-refractivity contribution in [1.82, 2.24) is 19.8 Å². The van der Waals surface area contributed by atoms with Gasteiger partial charge in [0, 0.05) is 29.9 Å². The van der Waals surface area contributed by atoms with Crippen molar-refractivity contribution in [2.24, 2.45) is 0 Å². The SMILES string of the molecule is O=C(NCc1ccccc1)[C@H]1CCCN1C(=O)CN1CCC[C@H](NS(=O)(=O)C=Cc2ccc(Cl)s2)C1=O. The Morgan fingerprint density at radius 3 is 2.57 bits per heavy atom. The molecule has 0 saturated carbocycles. The predicted molar refractivity (Wildman–Crippen MR) is 143 cm³/mol. The summed E-state index contributed by atoms with van der Waals surface area (Å²) in [6.07, 6.45) is 3.58. The van der Waals surface area contributed by atoms with Gasteiger partial charge in [-0.15, -0.1) is 11.3 Å². The lowest BCUT2D eigenvalue weighted by atomic mass is 10.1. The van der Waals surface area contributed by atoms with Gasteiger partial charge in [0.15, 0.2) is 0 Å². The van der Waals surface area contributed by atoms with Crippen molar-refractivity contribution in [1.29, 1.82) is 0 Å². The fraction of sp³-hybridized carbons (Fsp3) is 0.400. The maximum Gasteiger partial charge on any atom is 0.243 e. The summed E-state index contributed by atoms with van der Waals surface area (Å²) < 4.78 is 28.0. The number of nitrogens with one attached hydrogen (secondary N) is 2. The Labute approximate surface area is 225 Å². The molecule has 2 aliphatic rings. The Morgan fingerprint density at radius 1 is 1.08 bits per heavy atom. The average molecular weight is 565 g/mol. The molecule has 0 spiro atoms. The molecule has 2 aliphatic heterocycles. The summed E-state index contributed by atoms with van der Waals surface area (Å²) in [6.45, 7) is 0.977. The van der Waals surface area contributed by atoms with Crippen LogP contribution in [0.25, 0.3) is 6.08 Å². The predicted octanol–water partition coefficient (Wildman–Crippen LogP) is 2.59. The third-order valence-electron chi connectivity index (χ3n) is 6.35. The molecule has 9 nitrogen and oxygen atoms in total. The largest absolute Gasteiger partial charge is 0.350 e. The third-order valence-corrected chi connectivity index (χ3v) is 8.66. The molecule has 37 heavy (non-hydrogen) atoms. The van der Waals surface area contributed by atoms with Crippen molar-refractivity contribution < 1.29 is 22.8 Å². The number of hydrogen-bond acceptors (Lipinski definition) is 6. The van der Waals surface area contributed by atoms with E-state index in [4.69, 9.17) is 11.6 Å². The molecule has 3 amide bonds. The van der Waals surface area contributed by atoms with Crippen LogP contribution in [0.4, 0.5) is 0 Å². The normalized spacial score (nSPS) is 20.5. The molecule has 0 bridgehead atoms. The van der Waals surface area contributed by atoms with E-state index in [0.29, 0.717) is 54.5 Å². The maximum atomic E-state index is 13.1. The Balaban J connectivity index is 1.32. The van der Waals surface area contributed by atoms with Crippen molar-refractivity contribution >= 4 is 56.8 Å². The molecule has 0 radical (unpaired) electrons. The van der Waals surface area contributed by atoms with Crippen LogP contribution >= 0.6 is 22.9 Å². The van der Waals surface area contributed by atoms with Crippen LogP contribution in [0, 0.1) is 0 Å². The number of carbonyl (C=O) groups excluding carboxylic acids is 3. The van der Waals surface area contributed by atoms with Gasteiger partial charge in [-0.1, -0.05) is 41.9 Å². The first kappa shape index (κ1) is 27.3. The summed E-state index contributed by atoms with van der Waals surface area (Å²) in [5, 5.41) is 3.90. The smallest absolute Gasteiger partial charge is 0.243 e. The summed E-state index contributed by atoms with van der Waals surface area (Å²) in [7, 11) is -3.88. The van der Waals surface area contributed by atoms with Crippen molar-refractivity contribution in [3.63, 3.8) is 0 Å². The van der Waals surface area contributed by atoms with Gasteiger partial charge in [0.05, 0.1) is 10.9 Å². The molecule has 3 heterocycles. The fourth-order valence-corrected chi connectivity index (χ4v) is 6.58. The lowest BCUT2D eigenvalue weighted by molar-refractivity contribution is -0.145. The minimum atomic E-state index is -3.88. The van der Waals surface area contributed by atoms with Crippen LogP contribution < -0.4 is 10.0 Å². The molecular formula is C25H29ClN4O5S2. The van der Waals surface area contributed by atoms with E-state index in [9.17, 15) is 22.8 Å². The first-order valence-corrected chi connectivity index (χ1v) is 14.8. The van der Waals surface area contributed by atoms with E-state index in [0.717, 1.165) is 11.0 Å². The molecule has 0 unspecified atom stereocenters. The van der Waals surface area contributed by atoms with Crippen molar-refractivity contribution in [2.45, 2.75) is 44.3 Å². The van der Waals surface area contributed by atoms with Crippen molar-refractivity contribution in [3.8, 4) is 0 Å². The molecule has 2 N–H and O–H groups in total. The highest BCUT2D eigenvalue weighted by molar-refractivity contribution is 7.92. The third kappa shape index (κ3) is 7.41. The highest BCUT2D eigenvalue weighted by atomic mass is 35.5. The summed E-state index contributed by atoms with van der Waals surface area (Å²) >= 11 is 7.11. The van der Waals surface area contributed by atoms with Gasteiger partial charge in [0.1, 0.15) is 12.1 Å². The Kier molecular flexibility index (Phi) is 9.01. The minimum absolute atomic E-state index is 0.191. The van der Waals surface area contributed by atoms with E-state index in [2.05, 4.69) is 10.0 Å². The van der Waals surface area contributed by atoms with Gasteiger partial charge in [-0.25, -0.2) is 8.42 Å². The highest BCUT2D eigenvalue weighted by Gasteiger charge is 2.37. The molecule has 2 atom stereocenters. The monoisotopic (exact) mass is 564 g/mol. The first-order chi connectivity index (χ1) is 17.7. The Bertz CT molecular complexity index is 1260. The Morgan fingerprint density at radius 2 is 1.84 bits per heavy atom. The quantitative estimate of drug-likeness (QED) is 0.486. The van der Waals surface area contributed by atoms with Crippen LogP contribution in [0.1, 0.15) is 36.1 Å². The van der Waals surface area contributed by atoms with Gasteiger partial charge >= 0.3 is 0 Å². The van der Waals surface area contributed by atoms with Gasteiger partial charge in [-0.2, -0.15) is 4.72 Å². The van der Waals surface area contributed by atoms with Crippen LogP contribution in [0.3, 0.4) is 0 Å². The van der Waals surface area contributed by atoms with Gasteiger partial charge in [0.25, 0.3) is 0 Å². The van der Waals surface area contributed by atoms with Crippen molar-refractivity contribution in [2.75, 3.05) is 19.6 Å². The number of piperidine rings is 1. The second-order valence-corrected chi connectivity index (χ2v) is 12.4. The van der Waals surface area contributed by atoms with Crippen LogP contribution in [0.2, 0.25) is 4.34 Å². The zero-order valence-corrected chi connectivity index (χ0v) is 22.5. The van der Waals surface area contributed by atoms with Gasteiger partial charge < -0.3 is 15.1 Å². The number of nitrogens with zero attached hydrogens (tertiary/aromatic N) is 2. The molecule has 12 heteroatoms. The molecule has 1 aromatic heterocycles. The molecule has 2 aromatic rings. The summed E-state index contributed by atoms with van der Waals surface area (Å²) in [6, 6.07) is 11.4. The standard InChI is InChI=1S/C25H29ClN4O5S2/c26-22-11-10-19(36-22)12-15-37(34,35)28-20-8-4-13-29(25(20)33)17-23(31)30-14-5-9-21(30)24(32)27-16-18-6-2-1-3-7-18/h1-3,6-7,10-12,15,20-21,28H,4-5,8-9,13-14,16-17H2,(H,27,32)/t20-,21+/m0/s1. The van der Waals surface area contributed by atoms with Crippen LogP contribution in [0.5, 0.6) is 0 Å². The number of thiophene rings is 1. The highest BCUT2D eigenvalue weighted by Crippen LogP contribution is 2.23. The minimum Gasteiger partial charge on any atom is -0.350 e. The number of carbonyl (C=O) groups is 3. The Hall–Kier alpha value is -2.73. The summed E-state index contributed by atoms with van der Waals surface area (Å²) in [4.78, 5) is 42.5. The van der Waals surface area contributed by atoms with Crippen LogP contribution in [-0.4, -0.2) is 67.7 Å². The zero-order valence-electron chi connectivity index (χ0n) is 20.1. The number of likely N-dealkylation sites (tertiary alicyclic amines) is 2. The number of sulfonamides is 1. The van der Waals surface area contributed by atoms with Crippen LogP contribution in [0.15, 0.2) is 47.9 Å². The molecule has 4 rings (SSSR count). The molecule has 198 valence electrons. The van der Waals surface area contributed by atoms with E-state index in [1.807, 2.05) is 30.3 Å². The number of rotatable bonds is 9. The lowest BCUT2D eigenvalue weighted by Crippen LogP contribution is -2.55. The molecule has 2 fully saturated rings. The maximum absolute atomic E-state index is 13.1. The number of halogens is 1. The molecule has 0 aliphatic carbocycles. The van der Waals surface area contributed by atoms with Gasteiger partial charge in [-0.05, 0) is 49.5 Å². The van der Waals surface area contributed by atoms with E-state index >= 15 is 0 Å².